The minimum atomic E-state index is -0.612. The summed E-state index contributed by atoms with van der Waals surface area (Å²) in [6, 6.07) is 0. The number of likely N-dealkylation sites (tertiary alicyclic amines) is 1. The lowest BCUT2D eigenvalue weighted by Crippen LogP contribution is -2.64. The maximum atomic E-state index is 11.7. The molecule has 1 aromatic heterocycles. The number of nitrogens with zero attached hydrogens (tertiary/aromatic N) is 3. The van der Waals surface area contributed by atoms with Gasteiger partial charge in [0.2, 0.25) is 0 Å². The van der Waals surface area contributed by atoms with Crippen LogP contribution in [0.25, 0.3) is 0 Å². The van der Waals surface area contributed by atoms with Crippen molar-refractivity contribution in [1.82, 2.24) is 14.5 Å². The largest absolute Gasteiger partial charge is 0.386 e. The van der Waals surface area contributed by atoms with Gasteiger partial charge < -0.3 is 10.0 Å². The number of aliphatic hydroxyl groups is 1. The lowest BCUT2D eigenvalue weighted by Gasteiger charge is -2.46. The molecule has 15 heavy (non-hydrogen) atoms. The monoisotopic (exact) mass is 225 g/mol. The van der Waals surface area contributed by atoms with Gasteiger partial charge >= 0.3 is 0 Å². The smallest absolute Gasteiger partial charge is 0.275 e. The van der Waals surface area contributed by atoms with E-state index in [1.807, 2.05) is 0 Å². The number of hydrogen-bond acceptors (Lipinski definition) is 5. The van der Waals surface area contributed by atoms with Crippen molar-refractivity contribution in [3.8, 4) is 0 Å². The molecule has 0 radical (unpaired) electrons. The standard InChI is InChI=1S/C9H11N3O2S/c13-8(7-3-15-11-10-7)12-4-9(14,5-12)6-1-2-6/h3,6,14H,1-2,4-5H2. The van der Waals surface area contributed by atoms with E-state index in [-0.39, 0.29) is 5.91 Å². The van der Waals surface area contributed by atoms with Gasteiger partial charge in [0.05, 0.1) is 13.1 Å². The number of carbonyl (C=O) groups is 1. The normalized spacial score (nSPS) is 23.7. The molecule has 1 aliphatic carbocycles. The van der Waals surface area contributed by atoms with Crippen molar-refractivity contribution in [3.63, 3.8) is 0 Å². The molecular formula is C9H11N3O2S. The van der Waals surface area contributed by atoms with Gasteiger partial charge in [0.1, 0.15) is 5.60 Å². The predicted octanol–water partition coefficient (Wildman–Crippen LogP) is 0.135. The van der Waals surface area contributed by atoms with Gasteiger partial charge in [0, 0.05) is 5.38 Å². The first-order valence-corrected chi connectivity index (χ1v) is 5.81. The summed E-state index contributed by atoms with van der Waals surface area (Å²) in [4.78, 5) is 13.4. The summed E-state index contributed by atoms with van der Waals surface area (Å²) in [5.74, 6) is 0.296. The molecule has 0 spiro atoms. The molecular weight excluding hydrogens is 214 g/mol. The summed E-state index contributed by atoms with van der Waals surface area (Å²) < 4.78 is 3.65. The average molecular weight is 225 g/mol. The minimum absolute atomic E-state index is 0.117. The van der Waals surface area contributed by atoms with Crippen LogP contribution in [0.2, 0.25) is 0 Å². The molecule has 1 saturated heterocycles. The highest BCUT2D eigenvalue weighted by Crippen LogP contribution is 2.44. The van der Waals surface area contributed by atoms with Crippen molar-refractivity contribution in [1.29, 1.82) is 0 Å². The quantitative estimate of drug-likeness (QED) is 0.777. The van der Waals surface area contributed by atoms with Crippen LogP contribution >= 0.6 is 11.5 Å². The Hall–Kier alpha value is -1.01. The molecule has 80 valence electrons. The van der Waals surface area contributed by atoms with E-state index < -0.39 is 5.60 Å². The Morgan fingerprint density at radius 3 is 2.87 bits per heavy atom. The van der Waals surface area contributed by atoms with Crippen LogP contribution in [-0.2, 0) is 0 Å². The summed E-state index contributed by atoms with van der Waals surface area (Å²) in [6.07, 6.45) is 2.19. The fraction of sp³-hybridized carbons (Fsp3) is 0.667. The van der Waals surface area contributed by atoms with Crippen LogP contribution in [0.4, 0.5) is 0 Å². The Morgan fingerprint density at radius 2 is 2.33 bits per heavy atom. The maximum absolute atomic E-state index is 11.7. The van der Waals surface area contributed by atoms with Gasteiger partial charge in [0.15, 0.2) is 5.69 Å². The molecule has 0 aromatic carbocycles. The second kappa shape index (κ2) is 2.99. The van der Waals surface area contributed by atoms with Gasteiger partial charge in [-0.3, -0.25) is 4.79 Å². The van der Waals surface area contributed by atoms with Gasteiger partial charge in [0.25, 0.3) is 5.91 Å². The van der Waals surface area contributed by atoms with E-state index in [0.29, 0.717) is 24.7 Å². The molecule has 3 rings (SSSR count). The number of β-amino-alcohol motifs (C(OH)–C–C–N with tert-alkyl or cyclic N) is 1. The Morgan fingerprint density at radius 1 is 1.60 bits per heavy atom. The predicted molar refractivity (Wildman–Crippen MR) is 53.5 cm³/mol. The highest BCUT2D eigenvalue weighted by Gasteiger charge is 2.53. The zero-order chi connectivity index (χ0) is 10.5. The molecule has 1 aliphatic heterocycles. The number of amides is 1. The van der Waals surface area contributed by atoms with E-state index in [2.05, 4.69) is 9.59 Å². The van der Waals surface area contributed by atoms with E-state index in [9.17, 15) is 9.90 Å². The fourth-order valence-corrected chi connectivity index (χ4v) is 2.49. The fourth-order valence-electron chi connectivity index (χ4n) is 2.06. The van der Waals surface area contributed by atoms with Crippen molar-refractivity contribution in [3.05, 3.63) is 11.1 Å². The summed E-state index contributed by atoms with van der Waals surface area (Å²) in [7, 11) is 0. The number of carbonyl (C=O) groups excluding carboxylic acids is 1. The third-order valence-electron chi connectivity index (χ3n) is 3.13. The molecule has 2 fully saturated rings. The van der Waals surface area contributed by atoms with Crippen molar-refractivity contribution in [2.45, 2.75) is 18.4 Å². The first-order valence-electron chi connectivity index (χ1n) is 4.98. The number of hydrogen-bond donors (Lipinski definition) is 1. The van der Waals surface area contributed by atoms with Crippen molar-refractivity contribution >= 4 is 17.4 Å². The first-order chi connectivity index (χ1) is 7.19. The zero-order valence-electron chi connectivity index (χ0n) is 8.09. The van der Waals surface area contributed by atoms with E-state index in [4.69, 9.17) is 0 Å². The molecule has 1 saturated carbocycles. The van der Waals surface area contributed by atoms with Gasteiger partial charge in [-0.1, -0.05) is 4.49 Å². The highest BCUT2D eigenvalue weighted by atomic mass is 32.1. The molecule has 1 aromatic rings. The van der Waals surface area contributed by atoms with Crippen LogP contribution in [0.15, 0.2) is 5.38 Å². The molecule has 0 atom stereocenters. The Bertz CT molecular complexity index is 382. The van der Waals surface area contributed by atoms with E-state index in [1.54, 1.807) is 10.3 Å². The lowest BCUT2D eigenvalue weighted by molar-refractivity contribution is -0.0959. The Kier molecular flexibility index (Phi) is 1.84. The maximum Gasteiger partial charge on any atom is 0.275 e. The first kappa shape index (κ1) is 9.23. The lowest BCUT2D eigenvalue weighted by atomic mass is 9.88. The molecule has 0 unspecified atom stereocenters. The second-order valence-corrected chi connectivity index (χ2v) is 4.94. The minimum Gasteiger partial charge on any atom is -0.386 e. The molecule has 2 heterocycles. The summed E-state index contributed by atoms with van der Waals surface area (Å²) >= 11 is 1.17. The molecule has 5 nitrogen and oxygen atoms in total. The topological polar surface area (TPSA) is 66.3 Å². The van der Waals surface area contributed by atoms with Crippen LogP contribution in [-0.4, -0.2) is 44.2 Å². The number of aromatic nitrogens is 2. The molecule has 1 amide bonds. The van der Waals surface area contributed by atoms with Gasteiger partial charge in [-0.2, -0.15) is 0 Å². The number of rotatable bonds is 2. The zero-order valence-corrected chi connectivity index (χ0v) is 8.90. The van der Waals surface area contributed by atoms with Gasteiger partial charge in [-0.15, -0.1) is 5.10 Å². The van der Waals surface area contributed by atoms with Crippen LogP contribution in [0, 0.1) is 5.92 Å². The molecule has 1 N–H and O–H groups in total. The van der Waals surface area contributed by atoms with Crippen molar-refractivity contribution in [2.24, 2.45) is 5.92 Å². The van der Waals surface area contributed by atoms with Crippen LogP contribution in [0.5, 0.6) is 0 Å². The second-order valence-electron chi connectivity index (χ2n) is 4.33. The van der Waals surface area contributed by atoms with Crippen LogP contribution in [0.1, 0.15) is 23.3 Å². The average Bonchev–Trinajstić information content (AvgIpc) is 2.89. The molecule has 2 aliphatic rings. The summed E-state index contributed by atoms with van der Waals surface area (Å²) in [5.41, 5.74) is -0.225. The SMILES string of the molecule is O=C(c1csnn1)N1CC(O)(C2CC2)C1. The van der Waals surface area contributed by atoms with Gasteiger partial charge in [-0.25, -0.2) is 0 Å². The Balaban J connectivity index is 1.65. The third kappa shape index (κ3) is 1.44. The summed E-state index contributed by atoms with van der Waals surface area (Å²) in [5, 5.41) is 15.4. The molecule has 6 heteroatoms. The Labute approximate surface area is 90.9 Å². The van der Waals surface area contributed by atoms with Crippen molar-refractivity contribution < 1.29 is 9.90 Å². The molecule has 0 bridgehead atoms. The van der Waals surface area contributed by atoms with Crippen molar-refractivity contribution in [2.75, 3.05) is 13.1 Å². The van der Waals surface area contributed by atoms with Gasteiger partial charge in [-0.05, 0) is 30.3 Å². The van der Waals surface area contributed by atoms with E-state index in [1.165, 1.54) is 11.5 Å². The van der Waals surface area contributed by atoms with E-state index >= 15 is 0 Å². The van der Waals surface area contributed by atoms with E-state index in [0.717, 1.165) is 12.8 Å². The third-order valence-corrected chi connectivity index (χ3v) is 3.64. The highest BCUT2D eigenvalue weighted by molar-refractivity contribution is 7.03. The van der Waals surface area contributed by atoms with Crippen LogP contribution in [0.3, 0.4) is 0 Å². The van der Waals surface area contributed by atoms with Crippen LogP contribution < -0.4 is 0 Å². The summed E-state index contributed by atoms with van der Waals surface area (Å²) in [6.45, 7) is 0.905.